The Morgan fingerprint density at radius 3 is 2.44 bits per heavy atom. The Morgan fingerprint density at radius 2 is 1.71 bits per heavy atom. The summed E-state index contributed by atoms with van der Waals surface area (Å²) in [6.07, 6.45) is 3.38. The van der Waals surface area contributed by atoms with Crippen molar-refractivity contribution in [2.45, 2.75) is 51.3 Å². The number of benzene rings is 2. The van der Waals surface area contributed by atoms with Gasteiger partial charge in [0.1, 0.15) is 18.7 Å². The van der Waals surface area contributed by atoms with Crippen LogP contribution < -0.4 is 10.6 Å². The molecule has 0 unspecified atom stereocenters. The summed E-state index contributed by atoms with van der Waals surface area (Å²) in [5, 5.41) is 6.37. The van der Waals surface area contributed by atoms with E-state index < -0.39 is 30.1 Å². The molecule has 8 heteroatoms. The number of hydrogen-bond acceptors (Lipinski definition) is 5. The minimum absolute atomic E-state index is 0.0974. The monoisotopic (exact) mass is 465 g/mol. The SMILES string of the molecule is CCCC[C@@H](NC(=O)OCc1ccccc1)C(=O)N[C@@H](Cc1c[nH]c2ccccc12)C(=O)OC. The van der Waals surface area contributed by atoms with Crippen molar-refractivity contribution in [3.63, 3.8) is 0 Å². The van der Waals surface area contributed by atoms with Gasteiger partial charge in [0.25, 0.3) is 0 Å². The molecular weight excluding hydrogens is 434 g/mol. The molecule has 8 nitrogen and oxygen atoms in total. The summed E-state index contributed by atoms with van der Waals surface area (Å²) in [7, 11) is 1.28. The highest BCUT2D eigenvalue weighted by Crippen LogP contribution is 2.19. The van der Waals surface area contributed by atoms with Crippen LogP contribution >= 0.6 is 0 Å². The van der Waals surface area contributed by atoms with E-state index in [1.54, 1.807) is 0 Å². The lowest BCUT2D eigenvalue weighted by Gasteiger charge is -2.22. The predicted octanol–water partition coefficient (Wildman–Crippen LogP) is 3.85. The molecule has 0 aliphatic heterocycles. The fraction of sp³-hybridized carbons (Fsp3) is 0.346. The number of aromatic amines is 1. The number of alkyl carbamates (subject to hydrolysis) is 1. The number of H-pyrrole nitrogens is 1. The summed E-state index contributed by atoms with van der Waals surface area (Å²) in [5.74, 6) is -1.01. The number of rotatable bonds is 11. The number of fused-ring (bicyclic) bond motifs is 1. The van der Waals surface area contributed by atoms with Gasteiger partial charge in [-0.3, -0.25) is 4.79 Å². The van der Waals surface area contributed by atoms with E-state index in [0.29, 0.717) is 6.42 Å². The number of carbonyl (C=O) groups excluding carboxylic acids is 3. The van der Waals surface area contributed by atoms with Crippen molar-refractivity contribution in [2.24, 2.45) is 0 Å². The highest BCUT2D eigenvalue weighted by Gasteiger charge is 2.28. The van der Waals surface area contributed by atoms with E-state index in [-0.39, 0.29) is 13.0 Å². The van der Waals surface area contributed by atoms with Gasteiger partial charge in [-0.25, -0.2) is 9.59 Å². The van der Waals surface area contributed by atoms with Crippen molar-refractivity contribution in [1.82, 2.24) is 15.6 Å². The average molecular weight is 466 g/mol. The first-order chi connectivity index (χ1) is 16.5. The first kappa shape index (κ1) is 24.8. The molecule has 2 aromatic carbocycles. The van der Waals surface area contributed by atoms with Gasteiger partial charge in [-0.15, -0.1) is 0 Å². The number of aromatic nitrogens is 1. The van der Waals surface area contributed by atoms with E-state index in [4.69, 9.17) is 9.47 Å². The van der Waals surface area contributed by atoms with Crippen LogP contribution in [0, 0.1) is 0 Å². The first-order valence-electron chi connectivity index (χ1n) is 11.4. The Labute approximate surface area is 199 Å². The molecule has 3 rings (SSSR count). The zero-order valence-corrected chi connectivity index (χ0v) is 19.5. The lowest BCUT2D eigenvalue weighted by Crippen LogP contribution is -2.52. The molecule has 0 radical (unpaired) electrons. The minimum Gasteiger partial charge on any atom is -0.467 e. The maximum atomic E-state index is 13.1. The molecule has 180 valence electrons. The maximum Gasteiger partial charge on any atom is 0.408 e. The highest BCUT2D eigenvalue weighted by molar-refractivity contribution is 5.90. The number of para-hydroxylation sites is 1. The fourth-order valence-electron chi connectivity index (χ4n) is 3.71. The summed E-state index contributed by atoms with van der Waals surface area (Å²) in [5.41, 5.74) is 2.67. The van der Waals surface area contributed by atoms with E-state index in [1.807, 2.05) is 67.7 Å². The van der Waals surface area contributed by atoms with Gasteiger partial charge in [-0.05, 0) is 23.6 Å². The first-order valence-corrected chi connectivity index (χ1v) is 11.4. The van der Waals surface area contributed by atoms with Gasteiger partial charge >= 0.3 is 12.1 Å². The van der Waals surface area contributed by atoms with Crippen molar-refractivity contribution in [3.05, 3.63) is 71.9 Å². The lowest BCUT2D eigenvalue weighted by atomic mass is 10.0. The second-order valence-electron chi connectivity index (χ2n) is 8.05. The standard InChI is InChI=1S/C26H31N3O5/c1-3-4-13-22(29-26(32)34-17-18-10-6-5-7-11-18)24(30)28-23(25(31)33-2)15-19-16-27-21-14-9-8-12-20(19)21/h5-12,14,16,22-23,27H,3-4,13,15,17H2,1-2H3,(H,28,30)(H,29,32)/t22-,23+/m1/s1. The Bertz CT molecular complexity index is 1100. The number of nitrogens with one attached hydrogen (secondary N) is 3. The van der Waals surface area contributed by atoms with Gasteiger partial charge in [0.05, 0.1) is 7.11 Å². The third-order valence-corrected chi connectivity index (χ3v) is 5.57. The zero-order valence-electron chi connectivity index (χ0n) is 19.5. The minimum atomic E-state index is -0.900. The maximum absolute atomic E-state index is 13.1. The van der Waals surface area contributed by atoms with Crippen molar-refractivity contribution >= 4 is 28.9 Å². The molecule has 0 fully saturated rings. The van der Waals surface area contributed by atoms with Crippen LogP contribution in [0.1, 0.15) is 37.3 Å². The van der Waals surface area contributed by atoms with Crippen molar-refractivity contribution < 1.29 is 23.9 Å². The Kier molecular flexibility index (Phi) is 9.08. The Hall–Kier alpha value is -3.81. The van der Waals surface area contributed by atoms with Crippen LogP contribution in [0.15, 0.2) is 60.8 Å². The van der Waals surface area contributed by atoms with Gasteiger partial charge in [0, 0.05) is 23.5 Å². The van der Waals surface area contributed by atoms with Crippen molar-refractivity contribution in [1.29, 1.82) is 0 Å². The number of unbranched alkanes of at least 4 members (excludes halogenated alkanes) is 1. The number of hydrogen-bond donors (Lipinski definition) is 3. The molecule has 0 saturated carbocycles. The molecule has 1 heterocycles. The van der Waals surface area contributed by atoms with E-state index in [2.05, 4.69) is 15.6 Å². The lowest BCUT2D eigenvalue weighted by molar-refractivity contribution is -0.145. The fourth-order valence-corrected chi connectivity index (χ4v) is 3.71. The van der Waals surface area contributed by atoms with Crippen LogP contribution in [-0.4, -0.2) is 42.1 Å². The normalized spacial score (nSPS) is 12.5. The second-order valence-corrected chi connectivity index (χ2v) is 8.05. The number of esters is 1. The largest absolute Gasteiger partial charge is 0.467 e. The summed E-state index contributed by atoms with van der Waals surface area (Å²) in [6, 6.07) is 15.3. The Balaban J connectivity index is 1.66. The molecule has 0 spiro atoms. The predicted molar refractivity (Wildman–Crippen MR) is 129 cm³/mol. The zero-order chi connectivity index (χ0) is 24.3. The summed E-state index contributed by atoms with van der Waals surface area (Å²) in [4.78, 5) is 41.1. The second kappa shape index (κ2) is 12.4. The van der Waals surface area contributed by atoms with Crippen LogP contribution in [0.5, 0.6) is 0 Å². The number of methoxy groups -OCH3 is 1. The van der Waals surface area contributed by atoms with Gasteiger partial charge in [-0.2, -0.15) is 0 Å². The topological polar surface area (TPSA) is 110 Å². The molecule has 3 aromatic rings. The molecule has 0 saturated heterocycles. The number of amides is 2. The van der Waals surface area contributed by atoms with Gasteiger partial charge in [-0.1, -0.05) is 68.3 Å². The Morgan fingerprint density at radius 1 is 0.971 bits per heavy atom. The summed E-state index contributed by atoms with van der Waals surface area (Å²) >= 11 is 0. The van der Waals surface area contributed by atoms with Crippen molar-refractivity contribution in [3.8, 4) is 0 Å². The van der Waals surface area contributed by atoms with E-state index in [0.717, 1.165) is 34.9 Å². The van der Waals surface area contributed by atoms with Gasteiger partial charge < -0.3 is 25.1 Å². The van der Waals surface area contributed by atoms with Gasteiger partial charge in [0.2, 0.25) is 5.91 Å². The molecule has 0 bridgehead atoms. The van der Waals surface area contributed by atoms with Crippen LogP contribution in [-0.2, 0) is 32.1 Å². The third-order valence-electron chi connectivity index (χ3n) is 5.57. The molecule has 0 aliphatic carbocycles. The smallest absolute Gasteiger partial charge is 0.408 e. The number of carbonyl (C=O) groups is 3. The van der Waals surface area contributed by atoms with Crippen LogP contribution in [0.3, 0.4) is 0 Å². The highest BCUT2D eigenvalue weighted by atomic mass is 16.5. The molecule has 2 amide bonds. The average Bonchev–Trinajstić information content (AvgIpc) is 3.27. The number of ether oxygens (including phenoxy) is 2. The third kappa shape index (κ3) is 6.84. The molecular formula is C26H31N3O5. The summed E-state index contributed by atoms with van der Waals surface area (Å²) < 4.78 is 10.2. The summed E-state index contributed by atoms with van der Waals surface area (Å²) in [6.45, 7) is 2.09. The van der Waals surface area contributed by atoms with E-state index in [9.17, 15) is 14.4 Å². The molecule has 0 aliphatic rings. The quantitative estimate of drug-likeness (QED) is 0.373. The van der Waals surface area contributed by atoms with E-state index >= 15 is 0 Å². The van der Waals surface area contributed by atoms with Crippen LogP contribution in [0.25, 0.3) is 10.9 Å². The van der Waals surface area contributed by atoms with Crippen LogP contribution in [0.2, 0.25) is 0 Å². The van der Waals surface area contributed by atoms with Gasteiger partial charge in [0.15, 0.2) is 0 Å². The molecule has 2 atom stereocenters. The van der Waals surface area contributed by atoms with E-state index in [1.165, 1.54) is 7.11 Å². The van der Waals surface area contributed by atoms with Crippen LogP contribution in [0.4, 0.5) is 4.79 Å². The molecule has 1 aromatic heterocycles. The molecule has 3 N–H and O–H groups in total. The van der Waals surface area contributed by atoms with Crippen molar-refractivity contribution in [2.75, 3.05) is 7.11 Å². The molecule has 34 heavy (non-hydrogen) atoms.